The third kappa shape index (κ3) is 6.99. The van der Waals surface area contributed by atoms with E-state index in [0.29, 0.717) is 11.4 Å². The Labute approximate surface area is 158 Å². The zero-order chi connectivity index (χ0) is 20.1. The highest BCUT2D eigenvalue weighted by Crippen LogP contribution is 2.18. The van der Waals surface area contributed by atoms with Gasteiger partial charge >= 0.3 is 0 Å². The van der Waals surface area contributed by atoms with Gasteiger partial charge in [0.2, 0.25) is 15.9 Å². The summed E-state index contributed by atoms with van der Waals surface area (Å²) in [5.74, 6) is -0.225. The van der Waals surface area contributed by atoms with E-state index in [9.17, 15) is 17.6 Å². The van der Waals surface area contributed by atoms with Gasteiger partial charge in [0.25, 0.3) is 0 Å². The second-order valence-electron chi connectivity index (χ2n) is 6.98. The molecule has 0 saturated heterocycles. The molecule has 0 aliphatic heterocycles. The summed E-state index contributed by atoms with van der Waals surface area (Å²) < 4.78 is 45.5. The minimum Gasteiger partial charge on any atom is -0.493 e. The number of nitrogens with one attached hydrogen (secondary N) is 2. The molecular weight excluding hydrogens is 371 g/mol. The minimum absolute atomic E-state index is 0.0641. The normalized spacial score (nSPS) is 11.9. The van der Waals surface area contributed by atoms with Crippen LogP contribution in [0.5, 0.6) is 5.75 Å². The van der Waals surface area contributed by atoms with Gasteiger partial charge in [0, 0.05) is 11.2 Å². The Morgan fingerprint density at radius 1 is 1.11 bits per heavy atom. The fraction of sp³-hybridized carbons (Fsp3) is 0.316. The Morgan fingerprint density at radius 2 is 1.78 bits per heavy atom. The molecule has 2 rings (SSSR count). The molecule has 0 spiro atoms. The molecule has 0 atom stereocenters. The Morgan fingerprint density at radius 3 is 2.41 bits per heavy atom. The van der Waals surface area contributed by atoms with Crippen LogP contribution >= 0.6 is 0 Å². The summed E-state index contributed by atoms with van der Waals surface area (Å²) in [5.41, 5.74) is -0.242. The molecule has 27 heavy (non-hydrogen) atoms. The summed E-state index contributed by atoms with van der Waals surface area (Å²) in [6.45, 7) is 5.35. The van der Waals surface area contributed by atoms with Gasteiger partial charge in [-0.3, -0.25) is 4.79 Å². The first kappa shape index (κ1) is 20.9. The first-order valence-corrected chi connectivity index (χ1v) is 9.86. The standard InChI is InChI=1S/C19H23FN2O4S/c1-19(2,3)22-27(24,25)17-6-4-5-15(13-17)21-18(23)11-12-26-16-9-7-14(20)8-10-16/h4-10,13,22H,11-12H2,1-3H3,(H,21,23). The summed E-state index contributed by atoms with van der Waals surface area (Å²) >= 11 is 0. The molecule has 0 aliphatic rings. The molecule has 8 heteroatoms. The summed E-state index contributed by atoms with van der Waals surface area (Å²) in [6.07, 6.45) is 0.0641. The van der Waals surface area contributed by atoms with E-state index in [1.807, 2.05) is 0 Å². The van der Waals surface area contributed by atoms with Crippen molar-refractivity contribution in [3.63, 3.8) is 0 Å². The second-order valence-corrected chi connectivity index (χ2v) is 8.67. The Bertz CT molecular complexity index is 891. The van der Waals surface area contributed by atoms with Crippen molar-refractivity contribution in [2.75, 3.05) is 11.9 Å². The van der Waals surface area contributed by atoms with E-state index < -0.39 is 15.6 Å². The van der Waals surface area contributed by atoms with E-state index in [2.05, 4.69) is 10.0 Å². The number of carbonyl (C=O) groups is 1. The molecule has 0 bridgehead atoms. The first-order valence-electron chi connectivity index (χ1n) is 8.37. The van der Waals surface area contributed by atoms with Crippen LogP contribution in [0.2, 0.25) is 0 Å². The maximum Gasteiger partial charge on any atom is 0.241 e. The van der Waals surface area contributed by atoms with Crippen molar-refractivity contribution in [1.29, 1.82) is 0 Å². The molecular formula is C19H23FN2O4S. The quantitative estimate of drug-likeness (QED) is 0.755. The number of ether oxygens (including phenoxy) is 1. The van der Waals surface area contributed by atoms with E-state index in [-0.39, 0.29) is 29.6 Å². The third-order valence-electron chi connectivity index (χ3n) is 3.28. The van der Waals surface area contributed by atoms with Crippen LogP contribution < -0.4 is 14.8 Å². The first-order chi connectivity index (χ1) is 12.5. The molecule has 146 valence electrons. The number of hydrogen-bond acceptors (Lipinski definition) is 4. The Hall–Kier alpha value is -2.45. The van der Waals surface area contributed by atoms with Crippen molar-refractivity contribution in [1.82, 2.24) is 4.72 Å². The maximum atomic E-state index is 12.8. The lowest BCUT2D eigenvalue weighted by Crippen LogP contribution is -2.40. The van der Waals surface area contributed by atoms with Gasteiger partial charge in [-0.15, -0.1) is 0 Å². The summed E-state index contributed by atoms with van der Waals surface area (Å²) in [7, 11) is -3.69. The molecule has 2 aromatic carbocycles. The van der Waals surface area contributed by atoms with E-state index in [1.54, 1.807) is 32.9 Å². The van der Waals surface area contributed by atoms with Crippen molar-refractivity contribution in [3.05, 3.63) is 54.3 Å². The number of hydrogen-bond donors (Lipinski definition) is 2. The fourth-order valence-electron chi connectivity index (χ4n) is 2.22. The van der Waals surface area contributed by atoms with Crippen molar-refractivity contribution < 1.29 is 22.3 Å². The van der Waals surface area contributed by atoms with E-state index in [1.165, 1.54) is 36.4 Å². The summed E-state index contributed by atoms with van der Waals surface area (Å²) in [4.78, 5) is 12.1. The Kier molecular flexibility index (Phi) is 6.56. The van der Waals surface area contributed by atoms with E-state index >= 15 is 0 Å². The van der Waals surface area contributed by atoms with Gasteiger partial charge in [-0.05, 0) is 63.2 Å². The summed E-state index contributed by atoms with van der Waals surface area (Å²) in [5, 5.41) is 2.64. The number of anilines is 1. The predicted octanol–water partition coefficient (Wildman–Crippen LogP) is 3.31. The SMILES string of the molecule is CC(C)(C)NS(=O)(=O)c1cccc(NC(=O)CCOc2ccc(F)cc2)c1. The number of rotatable bonds is 7. The van der Waals surface area contributed by atoms with Crippen molar-refractivity contribution in [2.45, 2.75) is 37.6 Å². The lowest BCUT2D eigenvalue weighted by Gasteiger charge is -2.20. The smallest absolute Gasteiger partial charge is 0.241 e. The van der Waals surface area contributed by atoms with E-state index in [0.717, 1.165) is 0 Å². The van der Waals surface area contributed by atoms with E-state index in [4.69, 9.17) is 4.74 Å². The van der Waals surface area contributed by atoms with Gasteiger partial charge in [0.1, 0.15) is 11.6 Å². The molecule has 0 aliphatic carbocycles. The summed E-state index contributed by atoms with van der Waals surface area (Å²) in [6, 6.07) is 11.5. The van der Waals surface area contributed by atoms with Gasteiger partial charge in [0.15, 0.2) is 0 Å². The van der Waals surface area contributed by atoms with Gasteiger partial charge in [-0.2, -0.15) is 0 Å². The van der Waals surface area contributed by atoms with Crippen LogP contribution in [0.15, 0.2) is 53.4 Å². The van der Waals surface area contributed by atoms with Crippen LogP contribution in [-0.4, -0.2) is 26.5 Å². The van der Waals surface area contributed by atoms with Crippen LogP contribution in [-0.2, 0) is 14.8 Å². The average molecular weight is 394 g/mol. The lowest BCUT2D eigenvalue weighted by atomic mass is 10.1. The number of halogens is 1. The fourth-order valence-corrected chi connectivity index (χ4v) is 3.68. The molecule has 1 amide bonds. The monoisotopic (exact) mass is 394 g/mol. The molecule has 0 saturated carbocycles. The zero-order valence-electron chi connectivity index (χ0n) is 15.5. The van der Waals surface area contributed by atoms with Gasteiger partial charge in [-0.25, -0.2) is 17.5 Å². The van der Waals surface area contributed by atoms with Gasteiger partial charge in [0.05, 0.1) is 17.9 Å². The van der Waals surface area contributed by atoms with Crippen molar-refractivity contribution in [2.24, 2.45) is 0 Å². The van der Waals surface area contributed by atoms with Crippen LogP contribution in [0.3, 0.4) is 0 Å². The zero-order valence-corrected chi connectivity index (χ0v) is 16.3. The highest BCUT2D eigenvalue weighted by molar-refractivity contribution is 7.89. The molecule has 2 N–H and O–H groups in total. The maximum absolute atomic E-state index is 12.8. The van der Waals surface area contributed by atoms with Gasteiger partial charge in [-0.1, -0.05) is 6.07 Å². The molecule has 6 nitrogen and oxygen atoms in total. The van der Waals surface area contributed by atoms with Gasteiger partial charge < -0.3 is 10.1 Å². The predicted molar refractivity (Wildman–Crippen MR) is 102 cm³/mol. The van der Waals surface area contributed by atoms with Crippen LogP contribution in [0, 0.1) is 5.82 Å². The number of carbonyl (C=O) groups excluding carboxylic acids is 1. The topological polar surface area (TPSA) is 84.5 Å². The Balaban J connectivity index is 1.93. The van der Waals surface area contributed by atoms with Crippen molar-refractivity contribution in [3.8, 4) is 5.75 Å². The number of benzene rings is 2. The molecule has 0 heterocycles. The lowest BCUT2D eigenvalue weighted by molar-refractivity contribution is -0.116. The molecule has 0 fully saturated rings. The third-order valence-corrected chi connectivity index (χ3v) is 5.04. The molecule has 0 unspecified atom stereocenters. The van der Waals surface area contributed by atoms with Crippen molar-refractivity contribution >= 4 is 21.6 Å². The minimum atomic E-state index is -3.69. The molecule has 0 aromatic heterocycles. The molecule has 0 radical (unpaired) electrons. The number of amides is 1. The average Bonchev–Trinajstić information content (AvgIpc) is 2.55. The largest absolute Gasteiger partial charge is 0.493 e. The van der Waals surface area contributed by atoms with Crippen LogP contribution in [0.25, 0.3) is 0 Å². The number of sulfonamides is 1. The van der Waals surface area contributed by atoms with Crippen LogP contribution in [0.4, 0.5) is 10.1 Å². The van der Waals surface area contributed by atoms with Crippen LogP contribution in [0.1, 0.15) is 27.2 Å². The second kappa shape index (κ2) is 8.49. The highest BCUT2D eigenvalue weighted by Gasteiger charge is 2.22. The highest BCUT2D eigenvalue weighted by atomic mass is 32.2. The molecule has 2 aromatic rings.